The molecule has 0 saturated heterocycles. The largest absolute Gasteiger partial charge is 0.397 e. The minimum absolute atomic E-state index is 0.323. The summed E-state index contributed by atoms with van der Waals surface area (Å²) in [7, 11) is 1.28. The Kier molecular flexibility index (Phi) is 2.14. The average Bonchev–Trinajstić information content (AvgIpc) is 2.08. The summed E-state index contributed by atoms with van der Waals surface area (Å²) in [5, 5.41) is 0. The molecule has 0 aliphatic carbocycles. The molecule has 0 heterocycles. The number of nitrogen functional groups attached to an aromatic ring is 2. The Morgan fingerprint density at radius 1 is 1.33 bits per heavy atom. The van der Waals surface area contributed by atoms with Crippen LogP contribution in [0.15, 0.2) is 18.2 Å². The van der Waals surface area contributed by atoms with Crippen LogP contribution >= 0.6 is 0 Å². The molecule has 12 heavy (non-hydrogen) atoms. The molecule has 0 amide bonds. The summed E-state index contributed by atoms with van der Waals surface area (Å²) < 4.78 is 0. The van der Waals surface area contributed by atoms with Gasteiger partial charge in [-0.25, -0.2) is 4.84 Å². The van der Waals surface area contributed by atoms with E-state index in [9.17, 15) is 4.91 Å². The standard InChI is InChI=1S/C7H10N3O2/c1-12-10(11)5-2-3-6(8)7(9)4-5/h2-4H,8-9H2,1H3/q+1. The second kappa shape index (κ2) is 3.08. The molecule has 5 heteroatoms. The maximum Gasteiger partial charge on any atom is 0.318 e. The average molecular weight is 168 g/mol. The second-order valence-corrected chi connectivity index (χ2v) is 2.25. The van der Waals surface area contributed by atoms with Crippen molar-refractivity contribution in [2.45, 2.75) is 0 Å². The molecule has 0 unspecified atom stereocenters. The first kappa shape index (κ1) is 8.32. The van der Waals surface area contributed by atoms with Crippen LogP contribution in [0.25, 0.3) is 0 Å². The van der Waals surface area contributed by atoms with Crippen LogP contribution in [0.5, 0.6) is 0 Å². The summed E-state index contributed by atoms with van der Waals surface area (Å²) in [4.78, 5) is 15.6. The van der Waals surface area contributed by atoms with Crippen LogP contribution in [0.1, 0.15) is 0 Å². The summed E-state index contributed by atoms with van der Waals surface area (Å²) in [6.07, 6.45) is 0. The van der Waals surface area contributed by atoms with Gasteiger partial charge in [0, 0.05) is 12.1 Å². The van der Waals surface area contributed by atoms with Crippen molar-refractivity contribution in [1.29, 1.82) is 0 Å². The third-order valence-electron chi connectivity index (χ3n) is 1.45. The molecule has 0 radical (unpaired) electrons. The summed E-state index contributed by atoms with van der Waals surface area (Å²) >= 11 is 0. The molecule has 64 valence electrons. The lowest BCUT2D eigenvalue weighted by atomic mass is 10.2. The SMILES string of the molecule is CO[N+](=O)c1ccc(N)c(N)c1. The van der Waals surface area contributed by atoms with Crippen molar-refractivity contribution in [2.24, 2.45) is 0 Å². The van der Waals surface area contributed by atoms with Crippen LogP contribution < -0.4 is 11.5 Å². The Morgan fingerprint density at radius 2 is 2.00 bits per heavy atom. The predicted molar refractivity (Wildman–Crippen MR) is 45.6 cm³/mol. The number of nitrogens with two attached hydrogens (primary N) is 2. The highest BCUT2D eigenvalue weighted by molar-refractivity contribution is 5.66. The quantitative estimate of drug-likeness (QED) is 0.506. The summed E-state index contributed by atoms with van der Waals surface area (Å²) in [6, 6.07) is 4.53. The molecule has 0 aromatic heterocycles. The van der Waals surface area contributed by atoms with E-state index in [4.69, 9.17) is 11.5 Å². The number of rotatable bonds is 2. The molecule has 4 N–H and O–H groups in total. The minimum atomic E-state index is 0.323. The molecular weight excluding hydrogens is 158 g/mol. The Labute approximate surface area is 69.4 Å². The Hall–Kier alpha value is -1.78. The fourth-order valence-corrected chi connectivity index (χ4v) is 0.781. The van der Waals surface area contributed by atoms with Crippen LogP contribution in [-0.4, -0.2) is 12.0 Å². The van der Waals surface area contributed by atoms with Gasteiger partial charge in [-0.05, 0) is 6.07 Å². The van der Waals surface area contributed by atoms with Crippen molar-refractivity contribution in [1.82, 2.24) is 0 Å². The van der Waals surface area contributed by atoms with Gasteiger partial charge in [-0.2, -0.15) is 0 Å². The fourth-order valence-electron chi connectivity index (χ4n) is 0.781. The first-order valence-electron chi connectivity index (χ1n) is 3.31. The highest BCUT2D eigenvalue weighted by Crippen LogP contribution is 2.21. The van der Waals surface area contributed by atoms with E-state index in [1.54, 1.807) is 6.07 Å². The van der Waals surface area contributed by atoms with Crippen molar-refractivity contribution >= 4 is 17.1 Å². The van der Waals surface area contributed by atoms with Crippen molar-refractivity contribution in [3.8, 4) is 0 Å². The van der Waals surface area contributed by atoms with Crippen molar-refractivity contribution < 1.29 is 9.76 Å². The van der Waals surface area contributed by atoms with Gasteiger partial charge >= 0.3 is 5.69 Å². The fraction of sp³-hybridized carbons (Fsp3) is 0.143. The van der Waals surface area contributed by atoms with E-state index in [1.165, 1.54) is 19.2 Å². The summed E-state index contributed by atoms with van der Waals surface area (Å²) in [5.41, 5.74) is 12.0. The van der Waals surface area contributed by atoms with Gasteiger partial charge in [-0.15, -0.1) is 0 Å². The second-order valence-electron chi connectivity index (χ2n) is 2.25. The van der Waals surface area contributed by atoms with E-state index in [1.807, 2.05) is 0 Å². The van der Waals surface area contributed by atoms with Crippen LogP contribution in [0.3, 0.4) is 0 Å². The zero-order chi connectivity index (χ0) is 9.14. The highest BCUT2D eigenvalue weighted by atomic mass is 16.8. The summed E-state index contributed by atoms with van der Waals surface area (Å²) in [5.74, 6) is 0. The van der Waals surface area contributed by atoms with Crippen molar-refractivity contribution in [3.63, 3.8) is 0 Å². The summed E-state index contributed by atoms with van der Waals surface area (Å²) in [6.45, 7) is 0. The van der Waals surface area contributed by atoms with Gasteiger partial charge in [0.05, 0.1) is 16.3 Å². The first-order valence-corrected chi connectivity index (χ1v) is 3.31. The number of nitrogens with zero attached hydrogens (tertiary/aromatic N) is 1. The third kappa shape index (κ3) is 1.45. The molecule has 0 atom stereocenters. The number of hydrogen-bond donors (Lipinski definition) is 2. The highest BCUT2D eigenvalue weighted by Gasteiger charge is 2.14. The van der Waals surface area contributed by atoms with Crippen LogP contribution in [-0.2, 0) is 4.84 Å². The molecule has 0 bridgehead atoms. The van der Waals surface area contributed by atoms with Gasteiger partial charge in [0.25, 0.3) is 4.92 Å². The van der Waals surface area contributed by atoms with Crippen molar-refractivity contribution in [2.75, 3.05) is 18.6 Å². The maximum absolute atomic E-state index is 10.9. The Bertz CT molecular complexity index is 312. The normalized spacial score (nSPS) is 9.42. The first-order chi connectivity index (χ1) is 5.65. The topological polar surface area (TPSA) is 81.3 Å². The van der Waals surface area contributed by atoms with E-state index in [0.717, 1.165) is 0 Å². The zero-order valence-electron chi connectivity index (χ0n) is 6.65. The molecule has 1 aromatic rings. The van der Waals surface area contributed by atoms with Gasteiger partial charge in [0.2, 0.25) is 0 Å². The number of benzene rings is 1. The van der Waals surface area contributed by atoms with Gasteiger partial charge in [-0.1, -0.05) is 0 Å². The molecule has 0 aliphatic rings. The molecular formula is C7H10N3O2+. The molecule has 1 aromatic carbocycles. The Morgan fingerprint density at radius 3 is 2.50 bits per heavy atom. The predicted octanol–water partition coefficient (Wildman–Crippen LogP) is 0.823. The van der Waals surface area contributed by atoms with E-state index in [-0.39, 0.29) is 0 Å². The molecule has 0 aliphatic heterocycles. The van der Waals surface area contributed by atoms with Crippen LogP contribution in [0.4, 0.5) is 17.1 Å². The lowest BCUT2D eigenvalue weighted by molar-refractivity contribution is -0.736. The molecule has 1 rings (SSSR count). The molecule has 0 fully saturated rings. The van der Waals surface area contributed by atoms with E-state index >= 15 is 0 Å². The molecule has 0 spiro atoms. The minimum Gasteiger partial charge on any atom is -0.397 e. The van der Waals surface area contributed by atoms with Crippen LogP contribution in [0.2, 0.25) is 0 Å². The number of anilines is 2. The lowest BCUT2D eigenvalue weighted by Crippen LogP contribution is -2.00. The zero-order valence-corrected chi connectivity index (χ0v) is 6.65. The van der Waals surface area contributed by atoms with E-state index in [0.29, 0.717) is 22.0 Å². The monoisotopic (exact) mass is 168 g/mol. The number of hydrogen-bond acceptors (Lipinski definition) is 4. The Balaban J connectivity index is 3.05. The lowest BCUT2D eigenvalue weighted by Gasteiger charge is -1.96. The maximum atomic E-state index is 10.9. The van der Waals surface area contributed by atoms with E-state index in [2.05, 4.69) is 4.84 Å². The van der Waals surface area contributed by atoms with Gasteiger partial charge in [-0.3, -0.25) is 0 Å². The molecule has 5 nitrogen and oxygen atoms in total. The van der Waals surface area contributed by atoms with E-state index < -0.39 is 0 Å². The van der Waals surface area contributed by atoms with Crippen LogP contribution in [0, 0.1) is 4.91 Å². The van der Waals surface area contributed by atoms with Gasteiger partial charge in [0.1, 0.15) is 0 Å². The van der Waals surface area contributed by atoms with Crippen molar-refractivity contribution in [3.05, 3.63) is 23.1 Å². The smallest absolute Gasteiger partial charge is 0.318 e. The third-order valence-corrected chi connectivity index (χ3v) is 1.45. The van der Waals surface area contributed by atoms with Gasteiger partial charge < -0.3 is 11.5 Å². The molecule has 0 saturated carbocycles. The van der Waals surface area contributed by atoms with Gasteiger partial charge in [0.15, 0.2) is 7.11 Å².